The van der Waals surface area contributed by atoms with Gasteiger partial charge in [0, 0.05) is 18.9 Å². The molecule has 0 saturated carbocycles. The third-order valence-corrected chi connectivity index (χ3v) is 1.53. The Kier molecular flexibility index (Phi) is 3.69. The molecule has 70 valence electrons. The van der Waals surface area contributed by atoms with E-state index in [2.05, 4.69) is 15.3 Å². The van der Waals surface area contributed by atoms with Crippen LogP contribution in [0.3, 0.4) is 0 Å². The lowest BCUT2D eigenvalue weighted by Crippen LogP contribution is -2.22. The summed E-state index contributed by atoms with van der Waals surface area (Å²) >= 11 is 0. The third-order valence-electron chi connectivity index (χ3n) is 1.53. The highest BCUT2D eigenvalue weighted by Gasteiger charge is 1.95. The van der Waals surface area contributed by atoms with E-state index in [1.807, 2.05) is 0 Å². The number of aromatic nitrogens is 2. The van der Waals surface area contributed by atoms with E-state index >= 15 is 0 Å². The Morgan fingerprint density at radius 3 is 2.77 bits per heavy atom. The fraction of sp³-hybridized carbons (Fsp3) is 0.375. The van der Waals surface area contributed by atoms with Crippen LogP contribution in [0.5, 0.6) is 0 Å². The number of rotatable bonds is 4. The summed E-state index contributed by atoms with van der Waals surface area (Å²) in [6.45, 7) is 0.463. The van der Waals surface area contributed by atoms with Crippen molar-refractivity contribution in [3.63, 3.8) is 0 Å². The maximum absolute atomic E-state index is 10.1. The van der Waals surface area contributed by atoms with Crippen LogP contribution >= 0.6 is 0 Å². The second-order valence-corrected chi connectivity index (χ2v) is 2.58. The third kappa shape index (κ3) is 4.05. The molecule has 0 radical (unpaired) electrons. The number of nitrogens with zero attached hydrogens (tertiary/aromatic N) is 2. The molecular formula is C8H11N3O2. The Labute approximate surface area is 75.8 Å². The van der Waals surface area contributed by atoms with E-state index in [0.717, 1.165) is 18.4 Å². The van der Waals surface area contributed by atoms with Gasteiger partial charge in [-0.05, 0) is 18.4 Å². The van der Waals surface area contributed by atoms with Crippen LogP contribution in [0.1, 0.15) is 12.0 Å². The van der Waals surface area contributed by atoms with Crippen LogP contribution in [0.2, 0.25) is 0 Å². The number of aryl methyl sites for hydroxylation is 1. The molecular weight excluding hydrogens is 170 g/mol. The second-order valence-electron chi connectivity index (χ2n) is 2.58. The molecule has 0 bridgehead atoms. The first-order valence-electron chi connectivity index (χ1n) is 3.99. The SMILES string of the molecule is O=C(O)NCCCc1cncnc1. The molecule has 0 aliphatic carbocycles. The maximum atomic E-state index is 10.1. The Hall–Kier alpha value is -1.65. The highest BCUT2D eigenvalue weighted by atomic mass is 16.4. The molecule has 0 fully saturated rings. The van der Waals surface area contributed by atoms with Gasteiger partial charge in [0.05, 0.1) is 0 Å². The van der Waals surface area contributed by atoms with Gasteiger partial charge in [0.25, 0.3) is 0 Å². The maximum Gasteiger partial charge on any atom is 0.404 e. The summed E-state index contributed by atoms with van der Waals surface area (Å²) in [7, 11) is 0. The van der Waals surface area contributed by atoms with Gasteiger partial charge in [-0.3, -0.25) is 0 Å². The lowest BCUT2D eigenvalue weighted by atomic mass is 10.2. The first-order chi connectivity index (χ1) is 6.29. The molecule has 1 heterocycles. The van der Waals surface area contributed by atoms with Crippen molar-refractivity contribution in [1.29, 1.82) is 0 Å². The molecule has 0 aromatic carbocycles. The second kappa shape index (κ2) is 5.08. The Morgan fingerprint density at radius 2 is 2.15 bits per heavy atom. The quantitative estimate of drug-likeness (QED) is 0.669. The predicted molar refractivity (Wildman–Crippen MR) is 46.4 cm³/mol. The zero-order valence-electron chi connectivity index (χ0n) is 7.10. The standard InChI is InChI=1S/C8H11N3O2/c12-8(13)11-3-1-2-7-4-9-6-10-5-7/h4-6,11H,1-3H2,(H,12,13). The molecule has 13 heavy (non-hydrogen) atoms. The highest BCUT2D eigenvalue weighted by molar-refractivity contribution is 5.64. The smallest absolute Gasteiger partial charge is 0.404 e. The molecule has 0 saturated heterocycles. The van der Waals surface area contributed by atoms with E-state index in [1.54, 1.807) is 12.4 Å². The van der Waals surface area contributed by atoms with Crippen molar-refractivity contribution in [3.8, 4) is 0 Å². The summed E-state index contributed by atoms with van der Waals surface area (Å²) in [6.07, 6.45) is 5.51. The minimum Gasteiger partial charge on any atom is -0.465 e. The number of amides is 1. The van der Waals surface area contributed by atoms with Gasteiger partial charge in [-0.2, -0.15) is 0 Å². The molecule has 1 amide bonds. The van der Waals surface area contributed by atoms with Crippen LogP contribution in [0, 0.1) is 0 Å². The first-order valence-corrected chi connectivity index (χ1v) is 3.99. The lowest BCUT2D eigenvalue weighted by Gasteiger charge is -2.00. The normalized spacial score (nSPS) is 9.54. The van der Waals surface area contributed by atoms with E-state index in [9.17, 15) is 4.79 Å². The summed E-state index contributed by atoms with van der Waals surface area (Å²) in [4.78, 5) is 17.8. The molecule has 0 aliphatic rings. The highest BCUT2D eigenvalue weighted by Crippen LogP contribution is 1.96. The van der Waals surface area contributed by atoms with Crippen LogP contribution in [-0.4, -0.2) is 27.7 Å². The van der Waals surface area contributed by atoms with E-state index in [-0.39, 0.29) is 0 Å². The van der Waals surface area contributed by atoms with Crippen molar-refractivity contribution >= 4 is 6.09 Å². The summed E-state index contributed by atoms with van der Waals surface area (Å²) in [5, 5.41) is 10.6. The van der Waals surface area contributed by atoms with Crippen molar-refractivity contribution < 1.29 is 9.90 Å². The van der Waals surface area contributed by atoms with Gasteiger partial charge >= 0.3 is 6.09 Å². The summed E-state index contributed by atoms with van der Waals surface area (Å²) in [5.41, 5.74) is 1.02. The van der Waals surface area contributed by atoms with Gasteiger partial charge in [-0.15, -0.1) is 0 Å². The molecule has 0 atom stereocenters. The van der Waals surface area contributed by atoms with E-state index in [0.29, 0.717) is 6.54 Å². The monoisotopic (exact) mass is 181 g/mol. The number of nitrogens with one attached hydrogen (secondary N) is 1. The number of hydrogen-bond donors (Lipinski definition) is 2. The average molecular weight is 181 g/mol. The van der Waals surface area contributed by atoms with Gasteiger partial charge in [0.1, 0.15) is 6.33 Å². The largest absolute Gasteiger partial charge is 0.465 e. The summed E-state index contributed by atoms with van der Waals surface area (Å²) in [5.74, 6) is 0. The fourth-order valence-corrected chi connectivity index (χ4v) is 0.947. The number of carboxylic acid groups (broad SMARTS) is 1. The number of hydrogen-bond acceptors (Lipinski definition) is 3. The minimum atomic E-state index is -0.982. The Balaban J connectivity index is 2.17. The van der Waals surface area contributed by atoms with Crippen LogP contribution in [0.25, 0.3) is 0 Å². The molecule has 5 nitrogen and oxygen atoms in total. The number of carbonyl (C=O) groups is 1. The van der Waals surface area contributed by atoms with E-state index < -0.39 is 6.09 Å². The molecule has 1 aromatic rings. The lowest BCUT2D eigenvalue weighted by molar-refractivity contribution is 0.194. The molecule has 1 rings (SSSR count). The van der Waals surface area contributed by atoms with Gasteiger partial charge in [-0.25, -0.2) is 14.8 Å². The molecule has 0 aliphatic heterocycles. The van der Waals surface area contributed by atoms with Crippen LogP contribution in [-0.2, 0) is 6.42 Å². The van der Waals surface area contributed by atoms with Crippen LogP contribution < -0.4 is 5.32 Å². The molecule has 5 heteroatoms. The topological polar surface area (TPSA) is 75.1 Å². The van der Waals surface area contributed by atoms with Gasteiger partial charge < -0.3 is 10.4 Å². The van der Waals surface area contributed by atoms with Gasteiger partial charge in [-0.1, -0.05) is 0 Å². The summed E-state index contributed by atoms with van der Waals surface area (Å²) in [6, 6.07) is 0. The van der Waals surface area contributed by atoms with Crippen molar-refractivity contribution in [2.45, 2.75) is 12.8 Å². The van der Waals surface area contributed by atoms with Crippen molar-refractivity contribution in [2.75, 3.05) is 6.54 Å². The minimum absolute atomic E-state index is 0.463. The zero-order valence-corrected chi connectivity index (χ0v) is 7.10. The van der Waals surface area contributed by atoms with Crippen molar-refractivity contribution in [1.82, 2.24) is 15.3 Å². The van der Waals surface area contributed by atoms with E-state index in [1.165, 1.54) is 6.33 Å². The van der Waals surface area contributed by atoms with Crippen LogP contribution in [0.4, 0.5) is 4.79 Å². The predicted octanol–water partition coefficient (Wildman–Crippen LogP) is 0.677. The molecule has 1 aromatic heterocycles. The van der Waals surface area contributed by atoms with Crippen LogP contribution in [0.15, 0.2) is 18.7 Å². The summed E-state index contributed by atoms with van der Waals surface area (Å²) < 4.78 is 0. The molecule has 0 unspecified atom stereocenters. The first kappa shape index (κ1) is 9.44. The Morgan fingerprint density at radius 1 is 1.46 bits per heavy atom. The van der Waals surface area contributed by atoms with Crippen molar-refractivity contribution in [3.05, 3.63) is 24.3 Å². The van der Waals surface area contributed by atoms with Crippen molar-refractivity contribution in [2.24, 2.45) is 0 Å². The van der Waals surface area contributed by atoms with Gasteiger partial charge in [0.15, 0.2) is 0 Å². The Bertz CT molecular complexity index is 263. The van der Waals surface area contributed by atoms with E-state index in [4.69, 9.17) is 5.11 Å². The molecule has 2 N–H and O–H groups in total. The molecule has 0 spiro atoms. The average Bonchev–Trinajstić information content (AvgIpc) is 2.14. The fourth-order valence-electron chi connectivity index (χ4n) is 0.947. The van der Waals surface area contributed by atoms with Gasteiger partial charge in [0.2, 0.25) is 0 Å². The zero-order chi connectivity index (χ0) is 9.52.